The number of carbonyl (C=O) groups is 1. The van der Waals surface area contributed by atoms with Crippen molar-refractivity contribution in [2.24, 2.45) is 5.92 Å². The van der Waals surface area contributed by atoms with Crippen molar-refractivity contribution in [3.05, 3.63) is 29.8 Å². The third-order valence-corrected chi connectivity index (χ3v) is 5.87. The number of ether oxygens (including phenoxy) is 1. The standard InChI is InChI=1S/C20H29N3O2/c24-20(23-10-7-18-3-1-2-4-19(18)23)16-21-8-5-17(6-9-21)15-22-11-13-25-14-12-22/h1-4,17H,5-16H2. The van der Waals surface area contributed by atoms with E-state index in [9.17, 15) is 4.79 Å². The van der Waals surface area contributed by atoms with Crippen LogP contribution in [0.15, 0.2) is 24.3 Å². The molecule has 3 aliphatic rings. The van der Waals surface area contributed by atoms with Gasteiger partial charge in [-0.2, -0.15) is 0 Å². The van der Waals surface area contributed by atoms with Gasteiger partial charge in [0, 0.05) is 31.9 Å². The summed E-state index contributed by atoms with van der Waals surface area (Å²) in [6.45, 7) is 8.62. The zero-order valence-corrected chi connectivity index (χ0v) is 15.0. The lowest BCUT2D eigenvalue weighted by atomic mass is 9.96. The molecule has 0 unspecified atom stereocenters. The second-order valence-electron chi connectivity index (χ2n) is 7.56. The first-order valence-corrected chi connectivity index (χ1v) is 9.70. The number of morpholine rings is 1. The van der Waals surface area contributed by atoms with Gasteiger partial charge in [-0.3, -0.25) is 14.6 Å². The fraction of sp³-hybridized carbons (Fsp3) is 0.650. The van der Waals surface area contributed by atoms with Crippen LogP contribution in [0.5, 0.6) is 0 Å². The third kappa shape index (κ3) is 4.05. The Morgan fingerprint density at radius 3 is 2.56 bits per heavy atom. The van der Waals surface area contributed by atoms with Crippen LogP contribution in [0.4, 0.5) is 5.69 Å². The molecule has 1 aromatic carbocycles. The molecule has 0 aliphatic carbocycles. The molecule has 0 radical (unpaired) electrons. The summed E-state index contributed by atoms with van der Waals surface area (Å²) in [6, 6.07) is 8.31. The molecular weight excluding hydrogens is 314 g/mol. The molecule has 3 aliphatic heterocycles. The van der Waals surface area contributed by atoms with Crippen molar-refractivity contribution in [2.75, 3.05) is 63.9 Å². The van der Waals surface area contributed by atoms with Crippen LogP contribution in [0.2, 0.25) is 0 Å². The molecule has 5 heteroatoms. The highest BCUT2D eigenvalue weighted by molar-refractivity contribution is 5.96. The number of benzene rings is 1. The second kappa shape index (κ2) is 7.85. The molecule has 0 aromatic heterocycles. The Morgan fingerprint density at radius 1 is 1.00 bits per heavy atom. The number of nitrogens with zero attached hydrogens (tertiary/aromatic N) is 3. The molecule has 25 heavy (non-hydrogen) atoms. The van der Waals surface area contributed by atoms with Crippen LogP contribution >= 0.6 is 0 Å². The summed E-state index contributed by atoms with van der Waals surface area (Å²) in [7, 11) is 0. The Labute approximate surface area is 150 Å². The molecule has 2 fully saturated rings. The van der Waals surface area contributed by atoms with Crippen molar-refractivity contribution in [3.8, 4) is 0 Å². The summed E-state index contributed by atoms with van der Waals surface area (Å²) in [4.78, 5) is 19.6. The first-order chi connectivity index (χ1) is 12.3. The maximum Gasteiger partial charge on any atom is 0.241 e. The van der Waals surface area contributed by atoms with Crippen LogP contribution in [0.25, 0.3) is 0 Å². The Morgan fingerprint density at radius 2 is 1.76 bits per heavy atom. The Balaban J connectivity index is 1.24. The van der Waals surface area contributed by atoms with Gasteiger partial charge in [0.2, 0.25) is 5.91 Å². The van der Waals surface area contributed by atoms with Crippen molar-refractivity contribution < 1.29 is 9.53 Å². The predicted molar refractivity (Wildman–Crippen MR) is 98.9 cm³/mol. The molecule has 0 bridgehead atoms. The highest BCUT2D eigenvalue weighted by atomic mass is 16.5. The lowest BCUT2D eigenvalue weighted by Crippen LogP contribution is -2.45. The average Bonchev–Trinajstić information content (AvgIpc) is 3.08. The average molecular weight is 343 g/mol. The molecule has 0 atom stereocenters. The fourth-order valence-corrected chi connectivity index (χ4v) is 4.35. The van der Waals surface area contributed by atoms with E-state index in [1.807, 2.05) is 11.0 Å². The predicted octanol–water partition coefficient (Wildman–Crippen LogP) is 1.62. The molecule has 0 saturated carbocycles. The van der Waals surface area contributed by atoms with Gasteiger partial charge in [0.15, 0.2) is 0 Å². The number of amides is 1. The second-order valence-corrected chi connectivity index (χ2v) is 7.56. The van der Waals surface area contributed by atoms with E-state index in [-0.39, 0.29) is 5.91 Å². The molecule has 0 N–H and O–H groups in total. The number of piperidine rings is 1. The van der Waals surface area contributed by atoms with E-state index in [0.717, 1.165) is 64.0 Å². The smallest absolute Gasteiger partial charge is 0.241 e. The van der Waals surface area contributed by atoms with E-state index in [1.54, 1.807) is 0 Å². The molecule has 1 aromatic rings. The van der Waals surface area contributed by atoms with Crippen LogP contribution in [0, 0.1) is 5.92 Å². The molecule has 0 spiro atoms. The van der Waals surface area contributed by atoms with E-state index in [4.69, 9.17) is 4.74 Å². The maximum absolute atomic E-state index is 12.7. The number of rotatable bonds is 4. The Bertz CT molecular complexity index is 592. The fourth-order valence-electron chi connectivity index (χ4n) is 4.35. The zero-order valence-electron chi connectivity index (χ0n) is 15.0. The maximum atomic E-state index is 12.7. The van der Waals surface area contributed by atoms with Gasteiger partial charge in [-0.05, 0) is 49.9 Å². The van der Waals surface area contributed by atoms with E-state index in [0.29, 0.717) is 6.54 Å². The molecule has 136 valence electrons. The normalized spacial score (nSPS) is 23.0. The minimum absolute atomic E-state index is 0.261. The van der Waals surface area contributed by atoms with Crippen molar-refractivity contribution in [1.29, 1.82) is 0 Å². The first-order valence-electron chi connectivity index (χ1n) is 9.70. The summed E-state index contributed by atoms with van der Waals surface area (Å²) in [5.41, 5.74) is 2.43. The van der Waals surface area contributed by atoms with Crippen molar-refractivity contribution >= 4 is 11.6 Å². The van der Waals surface area contributed by atoms with Gasteiger partial charge < -0.3 is 9.64 Å². The van der Waals surface area contributed by atoms with E-state index in [2.05, 4.69) is 28.0 Å². The van der Waals surface area contributed by atoms with Crippen LogP contribution in [-0.4, -0.2) is 74.7 Å². The Kier molecular flexibility index (Phi) is 5.34. The summed E-state index contributed by atoms with van der Waals surface area (Å²) < 4.78 is 5.43. The molecule has 3 heterocycles. The number of likely N-dealkylation sites (tertiary alicyclic amines) is 1. The van der Waals surface area contributed by atoms with E-state index in [1.165, 1.54) is 24.9 Å². The van der Waals surface area contributed by atoms with E-state index >= 15 is 0 Å². The lowest BCUT2D eigenvalue weighted by Gasteiger charge is -2.36. The van der Waals surface area contributed by atoms with Gasteiger partial charge in [0.25, 0.3) is 0 Å². The first kappa shape index (κ1) is 17.0. The van der Waals surface area contributed by atoms with Gasteiger partial charge >= 0.3 is 0 Å². The summed E-state index contributed by atoms with van der Waals surface area (Å²) in [6.07, 6.45) is 3.41. The summed E-state index contributed by atoms with van der Waals surface area (Å²) in [5.74, 6) is 1.04. The monoisotopic (exact) mass is 343 g/mol. The molecule has 1 amide bonds. The highest BCUT2D eigenvalue weighted by Crippen LogP contribution is 2.28. The highest BCUT2D eigenvalue weighted by Gasteiger charge is 2.28. The van der Waals surface area contributed by atoms with Crippen LogP contribution in [-0.2, 0) is 16.0 Å². The van der Waals surface area contributed by atoms with Crippen molar-refractivity contribution in [2.45, 2.75) is 19.3 Å². The largest absolute Gasteiger partial charge is 0.379 e. The number of fused-ring (bicyclic) bond motifs is 1. The zero-order chi connectivity index (χ0) is 17.1. The topological polar surface area (TPSA) is 36.0 Å². The summed E-state index contributed by atoms with van der Waals surface area (Å²) >= 11 is 0. The van der Waals surface area contributed by atoms with Gasteiger partial charge in [-0.15, -0.1) is 0 Å². The van der Waals surface area contributed by atoms with Crippen LogP contribution in [0.3, 0.4) is 0 Å². The number of carbonyl (C=O) groups excluding carboxylic acids is 1. The van der Waals surface area contributed by atoms with Crippen molar-refractivity contribution in [3.63, 3.8) is 0 Å². The number of anilines is 1. The lowest BCUT2D eigenvalue weighted by molar-refractivity contribution is -0.120. The molecule has 4 rings (SSSR count). The van der Waals surface area contributed by atoms with Gasteiger partial charge in [-0.1, -0.05) is 18.2 Å². The number of hydrogen-bond donors (Lipinski definition) is 0. The molecule has 5 nitrogen and oxygen atoms in total. The van der Waals surface area contributed by atoms with Gasteiger partial charge in [-0.25, -0.2) is 0 Å². The van der Waals surface area contributed by atoms with Gasteiger partial charge in [0.05, 0.1) is 19.8 Å². The minimum atomic E-state index is 0.261. The third-order valence-electron chi connectivity index (χ3n) is 5.87. The Hall–Kier alpha value is -1.43. The number of para-hydroxylation sites is 1. The van der Waals surface area contributed by atoms with Gasteiger partial charge in [0.1, 0.15) is 0 Å². The molecule has 2 saturated heterocycles. The van der Waals surface area contributed by atoms with Crippen molar-refractivity contribution in [1.82, 2.24) is 9.80 Å². The summed E-state index contributed by atoms with van der Waals surface area (Å²) in [5, 5.41) is 0. The van der Waals surface area contributed by atoms with E-state index < -0.39 is 0 Å². The quantitative estimate of drug-likeness (QED) is 0.832. The SMILES string of the molecule is O=C(CN1CCC(CN2CCOCC2)CC1)N1CCc2ccccc21. The minimum Gasteiger partial charge on any atom is -0.379 e. The van der Waals surface area contributed by atoms with Crippen LogP contribution < -0.4 is 4.90 Å². The molecular formula is C20H29N3O2. The number of hydrogen-bond acceptors (Lipinski definition) is 4. The van der Waals surface area contributed by atoms with Crippen LogP contribution in [0.1, 0.15) is 18.4 Å².